The van der Waals surface area contributed by atoms with Crippen molar-refractivity contribution in [3.05, 3.63) is 65.7 Å². The van der Waals surface area contributed by atoms with Gasteiger partial charge in [-0.25, -0.2) is 8.42 Å². The molecule has 140 valence electrons. The van der Waals surface area contributed by atoms with Crippen molar-refractivity contribution in [2.45, 2.75) is 36.7 Å². The predicted molar refractivity (Wildman–Crippen MR) is 101 cm³/mol. The van der Waals surface area contributed by atoms with Crippen LogP contribution in [0.2, 0.25) is 0 Å². The van der Waals surface area contributed by atoms with Gasteiger partial charge in [-0.2, -0.15) is 9.57 Å². The van der Waals surface area contributed by atoms with Gasteiger partial charge in [-0.05, 0) is 49.6 Å². The molecule has 0 radical (unpaired) electrons. The Balaban J connectivity index is 1.74. The van der Waals surface area contributed by atoms with Crippen LogP contribution in [0.1, 0.15) is 36.9 Å². The van der Waals surface area contributed by atoms with Crippen molar-refractivity contribution < 1.29 is 13.2 Å². The van der Waals surface area contributed by atoms with Crippen LogP contribution in [0.5, 0.6) is 0 Å². The molecule has 0 saturated carbocycles. The smallest absolute Gasteiger partial charge is 0.243 e. The fraction of sp³-hybridized carbons (Fsp3) is 0.300. The first-order valence-corrected chi connectivity index (χ1v) is 10.2. The number of rotatable bonds is 5. The number of benzene rings is 2. The third-order valence-electron chi connectivity index (χ3n) is 4.75. The first-order chi connectivity index (χ1) is 12.9. The third kappa shape index (κ3) is 4.02. The highest BCUT2D eigenvalue weighted by atomic mass is 32.2. The number of hydrogen-bond donors (Lipinski definition) is 1. The molecule has 0 bridgehead atoms. The molecule has 1 saturated heterocycles. The topological polar surface area (TPSA) is 90.3 Å². The Morgan fingerprint density at radius 1 is 1.19 bits per heavy atom. The van der Waals surface area contributed by atoms with Crippen LogP contribution in [0.3, 0.4) is 0 Å². The Morgan fingerprint density at radius 2 is 1.85 bits per heavy atom. The summed E-state index contributed by atoms with van der Waals surface area (Å²) in [5.74, 6) is -0.302. The highest BCUT2D eigenvalue weighted by Crippen LogP contribution is 2.26. The van der Waals surface area contributed by atoms with E-state index in [0.29, 0.717) is 24.9 Å². The summed E-state index contributed by atoms with van der Waals surface area (Å²) in [4.78, 5) is 13.0. The summed E-state index contributed by atoms with van der Waals surface area (Å²) in [5.41, 5.74) is 1.41. The number of nitriles is 1. The van der Waals surface area contributed by atoms with Crippen molar-refractivity contribution in [1.82, 2.24) is 9.62 Å². The number of hydrogen-bond acceptors (Lipinski definition) is 4. The molecule has 1 aliphatic heterocycles. The zero-order valence-electron chi connectivity index (χ0n) is 15.0. The Bertz CT molecular complexity index is 950. The van der Waals surface area contributed by atoms with Gasteiger partial charge in [-0.1, -0.05) is 30.3 Å². The summed E-state index contributed by atoms with van der Waals surface area (Å²) in [7, 11) is -3.71. The molecule has 3 rings (SSSR count). The molecule has 2 aromatic rings. The van der Waals surface area contributed by atoms with Gasteiger partial charge in [0.1, 0.15) is 6.04 Å². The zero-order valence-corrected chi connectivity index (χ0v) is 15.8. The summed E-state index contributed by atoms with van der Waals surface area (Å²) in [5, 5.41) is 11.8. The minimum absolute atomic E-state index is 0.199. The maximum Gasteiger partial charge on any atom is 0.243 e. The zero-order chi connectivity index (χ0) is 19.4. The second-order valence-corrected chi connectivity index (χ2v) is 8.44. The van der Waals surface area contributed by atoms with Crippen LogP contribution in [0, 0.1) is 11.3 Å². The van der Waals surface area contributed by atoms with Gasteiger partial charge in [0.05, 0.1) is 22.6 Å². The molecule has 1 fully saturated rings. The van der Waals surface area contributed by atoms with Crippen molar-refractivity contribution >= 4 is 15.9 Å². The second-order valence-electron chi connectivity index (χ2n) is 6.55. The first kappa shape index (κ1) is 19.1. The van der Waals surface area contributed by atoms with Crippen LogP contribution in [0.4, 0.5) is 0 Å². The van der Waals surface area contributed by atoms with E-state index in [1.807, 2.05) is 6.92 Å². The van der Waals surface area contributed by atoms with E-state index in [1.165, 1.54) is 4.31 Å². The fourth-order valence-electron chi connectivity index (χ4n) is 3.26. The van der Waals surface area contributed by atoms with E-state index in [0.717, 1.165) is 5.56 Å². The summed E-state index contributed by atoms with van der Waals surface area (Å²) >= 11 is 0. The van der Waals surface area contributed by atoms with E-state index in [2.05, 4.69) is 11.4 Å². The van der Waals surface area contributed by atoms with Crippen molar-refractivity contribution in [3.63, 3.8) is 0 Å². The summed E-state index contributed by atoms with van der Waals surface area (Å²) in [6, 6.07) is 16.2. The highest BCUT2D eigenvalue weighted by Gasteiger charge is 2.39. The highest BCUT2D eigenvalue weighted by molar-refractivity contribution is 7.89. The largest absolute Gasteiger partial charge is 0.348 e. The van der Waals surface area contributed by atoms with Crippen LogP contribution in [-0.2, 0) is 14.8 Å². The number of amides is 1. The SMILES string of the molecule is CC(NC(=O)C1CCCN1S(=O)(=O)c1ccccc1)c1ccc(C#N)cc1. The van der Waals surface area contributed by atoms with Crippen molar-refractivity contribution in [2.24, 2.45) is 0 Å². The normalized spacial score (nSPS) is 18.6. The molecule has 1 aliphatic rings. The Kier molecular flexibility index (Phi) is 5.59. The molecule has 27 heavy (non-hydrogen) atoms. The summed E-state index contributed by atoms with van der Waals surface area (Å²) < 4.78 is 27.1. The minimum atomic E-state index is -3.71. The van der Waals surface area contributed by atoms with Crippen molar-refractivity contribution in [3.8, 4) is 6.07 Å². The molecule has 0 aromatic heterocycles. The second kappa shape index (κ2) is 7.91. The van der Waals surface area contributed by atoms with Gasteiger partial charge >= 0.3 is 0 Å². The Hall–Kier alpha value is -2.69. The van der Waals surface area contributed by atoms with Crippen LogP contribution >= 0.6 is 0 Å². The van der Waals surface area contributed by atoms with Crippen LogP contribution < -0.4 is 5.32 Å². The molecule has 2 unspecified atom stereocenters. The lowest BCUT2D eigenvalue weighted by molar-refractivity contribution is -0.124. The molecule has 2 atom stereocenters. The molecule has 7 heteroatoms. The quantitative estimate of drug-likeness (QED) is 0.859. The van der Waals surface area contributed by atoms with Crippen molar-refractivity contribution in [1.29, 1.82) is 5.26 Å². The standard InChI is InChI=1S/C20H21N3O3S/c1-15(17-11-9-16(14-21)10-12-17)22-20(24)19-8-5-13-23(19)27(25,26)18-6-3-2-4-7-18/h2-4,6-7,9-12,15,19H,5,8,13H2,1H3,(H,22,24). The predicted octanol–water partition coefficient (Wildman–Crippen LogP) is 2.59. The fourth-order valence-corrected chi connectivity index (χ4v) is 4.93. The molecular weight excluding hydrogens is 362 g/mol. The Morgan fingerprint density at radius 3 is 2.48 bits per heavy atom. The maximum atomic E-state index is 12.9. The van der Waals surface area contributed by atoms with Gasteiger partial charge in [-0.15, -0.1) is 0 Å². The number of carbonyl (C=O) groups is 1. The lowest BCUT2D eigenvalue weighted by Crippen LogP contribution is -2.46. The molecule has 1 amide bonds. The number of nitrogens with one attached hydrogen (secondary N) is 1. The van der Waals surface area contributed by atoms with E-state index in [1.54, 1.807) is 54.6 Å². The number of sulfonamides is 1. The van der Waals surface area contributed by atoms with E-state index >= 15 is 0 Å². The van der Waals surface area contributed by atoms with E-state index in [4.69, 9.17) is 5.26 Å². The van der Waals surface area contributed by atoms with E-state index < -0.39 is 16.1 Å². The van der Waals surface area contributed by atoms with Crippen molar-refractivity contribution in [2.75, 3.05) is 6.54 Å². The lowest BCUT2D eigenvalue weighted by Gasteiger charge is -2.25. The molecular formula is C20H21N3O3S. The van der Waals surface area contributed by atoms with Gasteiger partial charge < -0.3 is 5.32 Å². The van der Waals surface area contributed by atoms with E-state index in [9.17, 15) is 13.2 Å². The maximum absolute atomic E-state index is 12.9. The lowest BCUT2D eigenvalue weighted by atomic mass is 10.1. The summed E-state index contributed by atoms with van der Waals surface area (Å²) in [6.45, 7) is 2.17. The number of carbonyl (C=O) groups excluding carboxylic acids is 1. The van der Waals surface area contributed by atoms with Gasteiger partial charge in [-0.3, -0.25) is 4.79 Å². The average molecular weight is 383 g/mol. The molecule has 2 aromatic carbocycles. The van der Waals surface area contributed by atoms with Gasteiger partial charge in [0.25, 0.3) is 0 Å². The van der Waals surface area contributed by atoms with Crippen LogP contribution in [0.25, 0.3) is 0 Å². The minimum Gasteiger partial charge on any atom is -0.348 e. The number of nitrogens with zero attached hydrogens (tertiary/aromatic N) is 2. The van der Waals surface area contributed by atoms with Gasteiger partial charge in [0.2, 0.25) is 15.9 Å². The molecule has 0 aliphatic carbocycles. The van der Waals surface area contributed by atoms with Gasteiger partial charge in [0.15, 0.2) is 0 Å². The molecule has 1 heterocycles. The summed E-state index contributed by atoms with van der Waals surface area (Å²) in [6.07, 6.45) is 1.15. The average Bonchev–Trinajstić information content (AvgIpc) is 3.19. The van der Waals surface area contributed by atoms with Crippen LogP contribution in [-0.4, -0.2) is 31.2 Å². The molecule has 0 spiro atoms. The monoisotopic (exact) mass is 383 g/mol. The molecule has 1 N–H and O–H groups in total. The first-order valence-electron chi connectivity index (χ1n) is 8.81. The van der Waals surface area contributed by atoms with Gasteiger partial charge in [0, 0.05) is 6.54 Å². The molecule has 6 nitrogen and oxygen atoms in total. The van der Waals surface area contributed by atoms with Crippen LogP contribution in [0.15, 0.2) is 59.5 Å². The Labute approximate surface area is 159 Å². The third-order valence-corrected chi connectivity index (χ3v) is 6.68. The van der Waals surface area contributed by atoms with E-state index in [-0.39, 0.29) is 16.8 Å².